The van der Waals surface area contributed by atoms with Gasteiger partial charge in [-0.2, -0.15) is 26.3 Å². The third-order valence-corrected chi connectivity index (χ3v) is 5.45. The number of halogens is 6. The Kier molecular flexibility index (Phi) is 6.10. The highest BCUT2D eigenvalue weighted by Gasteiger charge is 2.53. The predicted molar refractivity (Wildman–Crippen MR) is 106 cm³/mol. The smallest absolute Gasteiger partial charge is 0.398 e. The third kappa shape index (κ3) is 4.14. The van der Waals surface area contributed by atoms with Crippen LogP contribution in [0.5, 0.6) is 0 Å². The molecule has 0 spiro atoms. The van der Waals surface area contributed by atoms with E-state index in [-0.39, 0.29) is 22.3 Å². The van der Waals surface area contributed by atoms with Crippen molar-refractivity contribution in [2.75, 3.05) is 11.5 Å². The highest BCUT2D eigenvalue weighted by molar-refractivity contribution is 6.10. The Morgan fingerprint density at radius 1 is 0.719 bits per heavy atom. The van der Waals surface area contributed by atoms with E-state index in [1.165, 1.54) is 13.8 Å². The first-order chi connectivity index (χ1) is 14.2. The maximum atomic E-state index is 13.3. The Labute approximate surface area is 179 Å². The quantitative estimate of drug-likeness (QED) is 0.308. The minimum atomic E-state index is -5.12. The number of aryl methyl sites for hydroxylation is 2. The summed E-state index contributed by atoms with van der Waals surface area (Å²) in [5, 5.41) is 20.1. The van der Waals surface area contributed by atoms with Crippen LogP contribution in [-0.4, -0.2) is 28.3 Å². The molecule has 0 saturated carbocycles. The zero-order chi connectivity index (χ0) is 25.0. The zero-order valence-electron chi connectivity index (χ0n) is 17.5. The standard InChI is InChI=1S/C21H22F6N2O3/c1-9-5-11(7-13(15(9)28)18(3,31)20(22,23)24)17(30)12-6-10(2)16(29)14(8-12)19(4,32)21(25,26)27/h5-8,31-32H,28-29H2,1-4H3. The maximum absolute atomic E-state index is 13.3. The van der Waals surface area contributed by atoms with Crippen molar-refractivity contribution < 1.29 is 41.4 Å². The van der Waals surface area contributed by atoms with E-state index in [0.717, 1.165) is 24.3 Å². The number of alkyl halides is 6. The van der Waals surface area contributed by atoms with E-state index in [1.54, 1.807) is 0 Å². The van der Waals surface area contributed by atoms with Gasteiger partial charge < -0.3 is 21.7 Å². The average Bonchev–Trinajstić information content (AvgIpc) is 2.63. The fourth-order valence-electron chi connectivity index (χ4n) is 3.14. The summed E-state index contributed by atoms with van der Waals surface area (Å²) in [6.07, 6.45) is -10.2. The number of nitrogens with two attached hydrogens (primary N) is 2. The summed E-state index contributed by atoms with van der Waals surface area (Å²) in [4.78, 5) is 13.0. The molecule has 0 bridgehead atoms. The van der Waals surface area contributed by atoms with Gasteiger partial charge in [0.05, 0.1) is 0 Å². The number of anilines is 2. The van der Waals surface area contributed by atoms with Gasteiger partial charge >= 0.3 is 12.4 Å². The van der Waals surface area contributed by atoms with Crippen LogP contribution < -0.4 is 11.5 Å². The number of benzene rings is 2. The second-order valence-electron chi connectivity index (χ2n) is 7.98. The highest BCUT2D eigenvalue weighted by atomic mass is 19.4. The van der Waals surface area contributed by atoms with E-state index in [0.29, 0.717) is 13.8 Å². The largest absolute Gasteiger partial charge is 0.421 e. The van der Waals surface area contributed by atoms with Gasteiger partial charge in [0.1, 0.15) is 0 Å². The molecule has 11 heteroatoms. The number of carbonyl (C=O) groups is 1. The van der Waals surface area contributed by atoms with Gasteiger partial charge in [0.25, 0.3) is 0 Å². The van der Waals surface area contributed by atoms with Crippen LogP contribution in [0.25, 0.3) is 0 Å². The van der Waals surface area contributed by atoms with Crippen LogP contribution in [0.1, 0.15) is 52.0 Å². The molecule has 0 aromatic heterocycles. The molecule has 0 fully saturated rings. The van der Waals surface area contributed by atoms with Crippen molar-refractivity contribution in [2.45, 2.75) is 51.2 Å². The van der Waals surface area contributed by atoms with Crippen LogP contribution in [0.15, 0.2) is 24.3 Å². The Morgan fingerprint density at radius 3 is 1.25 bits per heavy atom. The van der Waals surface area contributed by atoms with Crippen molar-refractivity contribution in [1.29, 1.82) is 0 Å². The fourth-order valence-corrected chi connectivity index (χ4v) is 3.14. The topological polar surface area (TPSA) is 110 Å². The summed E-state index contributed by atoms with van der Waals surface area (Å²) in [5.41, 5.74) is 1.69. The van der Waals surface area contributed by atoms with Crippen molar-refractivity contribution in [3.8, 4) is 0 Å². The van der Waals surface area contributed by atoms with Crippen molar-refractivity contribution in [2.24, 2.45) is 0 Å². The molecule has 176 valence electrons. The fraction of sp³-hybridized carbons (Fsp3) is 0.381. The zero-order valence-corrected chi connectivity index (χ0v) is 17.5. The molecule has 2 atom stereocenters. The van der Waals surface area contributed by atoms with Gasteiger partial charge in [-0.15, -0.1) is 0 Å². The Morgan fingerprint density at radius 2 is 1.00 bits per heavy atom. The number of hydrogen-bond acceptors (Lipinski definition) is 5. The lowest BCUT2D eigenvalue weighted by Gasteiger charge is -2.29. The number of nitrogen functional groups attached to an aromatic ring is 2. The van der Waals surface area contributed by atoms with E-state index < -0.39 is 51.8 Å². The van der Waals surface area contributed by atoms with Gasteiger partial charge in [-0.3, -0.25) is 4.79 Å². The van der Waals surface area contributed by atoms with Crippen LogP contribution in [0, 0.1) is 13.8 Å². The molecule has 0 radical (unpaired) electrons. The summed E-state index contributed by atoms with van der Waals surface area (Å²) in [6.45, 7) is 3.57. The SMILES string of the molecule is Cc1cc(C(=O)c2cc(C)c(N)c(C(C)(O)C(F)(F)F)c2)cc(C(C)(O)C(F)(F)F)c1N. The summed E-state index contributed by atoms with van der Waals surface area (Å²) in [5.74, 6) is -0.949. The first-order valence-electron chi connectivity index (χ1n) is 9.17. The van der Waals surface area contributed by atoms with Crippen molar-refractivity contribution >= 4 is 17.2 Å². The van der Waals surface area contributed by atoms with E-state index in [1.807, 2.05) is 0 Å². The van der Waals surface area contributed by atoms with Crippen molar-refractivity contribution in [3.63, 3.8) is 0 Å². The summed E-state index contributed by atoms with van der Waals surface area (Å²) in [6, 6.07) is 3.79. The second-order valence-corrected chi connectivity index (χ2v) is 7.98. The third-order valence-electron chi connectivity index (χ3n) is 5.45. The molecule has 0 saturated heterocycles. The van der Waals surface area contributed by atoms with Gasteiger partial charge in [-0.1, -0.05) is 0 Å². The van der Waals surface area contributed by atoms with Gasteiger partial charge in [0.2, 0.25) is 0 Å². The Hall–Kier alpha value is -2.79. The lowest BCUT2D eigenvalue weighted by Crippen LogP contribution is -2.40. The van der Waals surface area contributed by atoms with Crippen LogP contribution in [0.2, 0.25) is 0 Å². The normalized spacial score (nSPS) is 16.4. The molecule has 2 aromatic carbocycles. The first kappa shape index (κ1) is 25.5. The highest BCUT2D eigenvalue weighted by Crippen LogP contribution is 2.44. The van der Waals surface area contributed by atoms with Gasteiger partial charge in [0, 0.05) is 33.6 Å². The van der Waals surface area contributed by atoms with Crippen LogP contribution in [0.4, 0.5) is 37.7 Å². The van der Waals surface area contributed by atoms with Gasteiger partial charge in [-0.05, 0) is 63.1 Å². The summed E-state index contributed by atoms with van der Waals surface area (Å²) < 4.78 is 80.0. The van der Waals surface area contributed by atoms with E-state index in [2.05, 4.69) is 0 Å². The summed E-state index contributed by atoms with van der Waals surface area (Å²) in [7, 11) is 0. The lowest BCUT2D eigenvalue weighted by atomic mass is 9.86. The molecule has 6 N–H and O–H groups in total. The van der Waals surface area contributed by atoms with E-state index >= 15 is 0 Å². The molecule has 0 aliphatic carbocycles. The average molecular weight is 464 g/mol. The predicted octanol–water partition coefficient (Wildman–Crippen LogP) is 4.24. The molecular formula is C21H22F6N2O3. The molecular weight excluding hydrogens is 442 g/mol. The maximum Gasteiger partial charge on any atom is 0.421 e. The molecule has 2 unspecified atom stereocenters. The molecule has 2 rings (SSSR count). The van der Waals surface area contributed by atoms with E-state index in [4.69, 9.17) is 11.5 Å². The molecule has 0 heterocycles. The molecule has 0 aliphatic rings. The number of rotatable bonds is 4. The van der Waals surface area contributed by atoms with Crippen LogP contribution in [-0.2, 0) is 11.2 Å². The molecule has 5 nitrogen and oxygen atoms in total. The minimum Gasteiger partial charge on any atom is -0.398 e. The van der Waals surface area contributed by atoms with Crippen molar-refractivity contribution in [3.05, 3.63) is 57.6 Å². The number of hydrogen-bond donors (Lipinski definition) is 4. The Balaban J connectivity index is 2.72. The second kappa shape index (κ2) is 7.66. The minimum absolute atomic E-state index is 0.0463. The molecule has 2 aromatic rings. The number of ketones is 1. The number of aliphatic hydroxyl groups is 2. The van der Waals surface area contributed by atoms with Gasteiger partial charge in [0.15, 0.2) is 17.0 Å². The van der Waals surface area contributed by atoms with Crippen molar-refractivity contribution in [1.82, 2.24) is 0 Å². The Bertz CT molecular complexity index is 989. The van der Waals surface area contributed by atoms with Crippen LogP contribution >= 0.6 is 0 Å². The van der Waals surface area contributed by atoms with Gasteiger partial charge in [-0.25, -0.2) is 0 Å². The first-order valence-corrected chi connectivity index (χ1v) is 9.17. The molecule has 0 amide bonds. The monoisotopic (exact) mass is 464 g/mol. The van der Waals surface area contributed by atoms with Crippen LogP contribution in [0.3, 0.4) is 0 Å². The number of carbonyl (C=O) groups excluding carboxylic acids is 1. The summed E-state index contributed by atoms with van der Waals surface area (Å²) >= 11 is 0. The molecule has 0 aliphatic heterocycles. The molecule has 32 heavy (non-hydrogen) atoms. The lowest BCUT2D eigenvalue weighted by molar-refractivity contribution is -0.258. The van der Waals surface area contributed by atoms with E-state index in [9.17, 15) is 41.4 Å².